The summed E-state index contributed by atoms with van der Waals surface area (Å²) in [5.74, 6) is 0.631. The normalized spacial score (nSPS) is 12.2. The van der Waals surface area contributed by atoms with Crippen LogP contribution < -0.4 is 10.6 Å². The van der Waals surface area contributed by atoms with Gasteiger partial charge in [0.1, 0.15) is 0 Å². The van der Waals surface area contributed by atoms with Gasteiger partial charge in [0.15, 0.2) is 5.96 Å². The van der Waals surface area contributed by atoms with Crippen molar-refractivity contribution in [2.45, 2.75) is 13.8 Å². The van der Waals surface area contributed by atoms with E-state index in [-0.39, 0.29) is 29.7 Å². The van der Waals surface area contributed by atoms with E-state index in [4.69, 9.17) is 4.74 Å². The number of nitrogens with zero attached hydrogens (tertiary/aromatic N) is 2. The van der Waals surface area contributed by atoms with Gasteiger partial charge in [-0.1, -0.05) is 13.8 Å². The molecule has 0 spiro atoms. The van der Waals surface area contributed by atoms with Crippen LogP contribution >= 0.6 is 24.0 Å². The minimum atomic E-state index is -3.19. The topological polar surface area (TPSA) is 83.0 Å². The van der Waals surface area contributed by atoms with E-state index in [1.807, 2.05) is 13.8 Å². The number of methoxy groups -OCH3 is 1. The third-order valence-electron chi connectivity index (χ3n) is 2.57. The summed E-state index contributed by atoms with van der Waals surface area (Å²) in [5.41, 5.74) is 0. The molecule has 9 heteroatoms. The molecule has 0 aliphatic rings. The first-order valence-corrected chi connectivity index (χ1v) is 8.04. The molecule has 0 rings (SSSR count). The average molecular weight is 422 g/mol. The number of halogens is 1. The number of ether oxygens (including phenoxy) is 1. The van der Waals surface area contributed by atoms with Crippen LogP contribution in [0.1, 0.15) is 13.8 Å². The zero-order valence-corrected chi connectivity index (χ0v) is 15.8. The molecule has 0 heterocycles. The Hall–Kier alpha value is -0.130. The predicted octanol–water partition coefficient (Wildman–Crippen LogP) is 0.0874. The largest absolute Gasteiger partial charge is 0.383 e. The fourth-order valence-corrected chi connectivity index (χ4v) is 2.94. The monoisotopic (exact) mass is 422 g/mol. The van der Waals surface area contributed by atoms with Gasteiger partial charge in [-0.2, -0.15) is 0 Å². The van der Waals surface area contributed by atoms with Crippen LogP contribution in [0.5, 0.6) is 0 Å². The molecule has 0 radical (unpaired) electrons. The van der Waals surface area contributed by atoms with E-state index in [0.29, 0.717) is 38.7 Å². The fraction of sp³-hybridized carbons (Fsp3) is 0.909. The van der Waals surface area contributed by atoms with Crippen LogP contribution in [-0.4, -0.2) is 71.4 Å². The maximum Gasteiger partial charge on any atom is 0.215 e. The van der Waals surface area contributed by atoms with Crippen molar-refractivity contribution in [3.8, 4) is 0 Å². The maximum absolute atomic E-state index is 11.9. The Kier molecular flexibility index (Phi) is 14.0. The molecule has 0 aromatic rings. The van der Waals surface area contributed by atoms with E-state index >= 15 is 0 Å². The second kappa shape index (κ2) is 12.6. The number of aliphatic imine (C=N–C) groups is 1. The first-order chi connectivity index (χ1) is 9.01. The molecule has 20 heavy (non-hydrogen) atoms. The third-order valence-corrected chi connectivity index (χ3v) is 4.60. The number of guanidine groups is 1. The molecule has 0 unspecified atom stereocenters. The fourth-order valence-electron chi connectivity index (χ4n) is 1.54. The molecule has 0 atom stereocenters. The summed E-state index contributed by atoms with van der Waals surface area (Å²) in [5, 5.41) is 5.98. The van der Waals surface area contributed by atoms with Crippen molar-refractivity contribution in [2.24, 2.45) is 4.99 Å². The van der Waals surface area contributed by atoms with Gasteiger partial charge in [-0.05, 0) is 0 Å². The number of sulfonamides is 1. The summed E-state index contributed by atoms with van der Waals surface area (Å²) in [6, 6.07) is 0. The molecule has 0 aliphatic heterocycles. The minimum Gasteiger partial charge on any atom is -0.383 e. The van der Waals surface area contributed by atoms with Crippen LogP contribution in [0.2, 0.25) is 0 Å². The minimum absolute atomic E-state index is 0. The Bertz CT molecular complexity index is 359. The van der Waals surface area contributed by atoms with Crippen LogP contribution in [-0.2, 0) is 14.8 Å². The molecule has 2 N–H and O–H groups in total. The predicted molar refractivity (Wildman–Crippen MR) is 93.4 cm³/mol. The highest BCUT2D eigenvalue weighted by atomic mass is 127. The van der Waals surface area contributed by atoms with Gasteiger partial charge in [0, 0.05) is 40.3 Å². The van der Waals surface area contributed by atoms with E-state index in [1.165, 1.54) is 4.31 Å². The quantitative estimate of drug-likeness (QED) is 0.238. The Labute approximate surface area is 139 Å². The summed E-state index contributed by atoms with van der Waals surface area (Å²) in [7, 11) is 0.0713. The van der Waals surface area contributed by atoms with Gasteiger partial charge in [0.05, 0.1) is 12.4 Å². The molecule has 0 amide bonds. The summed E-state index contributed by atoms with van der Waals surface area (Å²) < 4.78 is 30.2. The van der Waals surface area contributed by atoms with Crippen molar-refractivity contribution in [1.82, 2.24) is 14.9 Å². The van der Waals surface area contributed by atoms with E-state index in [9.17, 15) is 8.42 Å². The zero-order chi connectivity index (χ0) is 14.7. The third kappa shape index (κ3) is 8.93. The lowest BCUT2D eigenvalue weighted by atomic mass is 10.6. The van der Waals surface area contributed by atoms with Crippen molar-refractivity contribution in [2.75, 3.05) is 52.7 Å². The SMILES string of the molecule is CCN(CC)S(=O)(=O)CCNC(=NC)NCCOC.I. The van der Waals surface area contributed by atoms with E-state index in [0.717, 1.165) is 0 Å². The van der Waals surface area contributed by atoms with Gasteiger partial charge in [-0.3, -0.25) is 4.99 Å². The van der Waals surface area contributed by atoms with E-state index < -0.39 is 10.0 Å². The second-order valence-electron chi connectivity index (χ2n) is 3.82. The summed E-state index contributed by atoms with van der Waals surface area (Å²) >= 11 is 0. The van der Waals surface area contributed by atoms with Crippen molar-refractivity contribution < 1.29 is 13.2 Å². The van der Waals surface area contributed by atoms with Crippen molar-refractivity contribution in [1.29, 1.82) is 0 Å². The van der Waals surface area contributed by atoms with Gasteiger partial charge in [-0.15, -0.1) is 24.0 Å². The molecule has 0 saturated carbocycles. The molecule has 0 bridgehead atoms. The van der Waals surface area contributed by atoms with Crippen molar-refractivity contribution in [3.05, 3.63) is 0 Å². The summed E-state index contributed by atoms with van der Waals surface area (Å²) in [6.07, 6.45) is 0. The van der Waals surface area contributed by atoms with Gasteiger partial charge in [0.25, 0.3) is 0 Å². The highest BCUT2D eigenvalue weighted by molar-refractivity contribution is 14.0. The number of nitrogens with one attached hydrogen (secondary N) is 2. The first-order valence-electron chi connectivity index (χ1n) is 6.43. The highest BCUT2D eigenvalue weighted by Crippen LogP contribution is 1.99. The van der Waals surface area contributed by atoms with Crippen LogP contribution in [0.4, 0.5) is 0 Å². The molecular weight excluding hydrogens is 395 g/mol. The zero-order valence-electron chi connectivity index (χ0n) is 12.7. The molecule has 0 aromatic carbocycles. The van der Waals surface area contributed by atoms with Crippen molar-refractivity contribution >= 4 is 40.0 Å². The van der Waals surface area contributed by atoms with E-state index in [2.05, 4.69) is 15.6 Å². The van der Waals surface area contributed by atoms with Gasteiger partial charge in [-0.25, -0.2) is 12.7 Å². The molecule has 0 aromatic heterocycles. The second-order valence-corrected chi connectivity index (χ2v) is 5.91. The molecule has 7 nitrogen and oxygen atoms in total. The van der Waals surface area contributed by atoms with Gasteiger partial charge >= 0.3 is 0 Å². The van der Waals surface area contributed by atoms with Crippen LogP contribution in [0.25, 0.3) is 0 Å². The molecule has 0 saturated heterocycles. The lowest BCUT2D eigenvalue weighted by Crippen LogP contribution is -2.42. The van der Waals surface area contributed by atoms with Crippen LogP contribution in [0.3, 0.4) is 0 Å². The van der Waals surface area contributed by atoms with Crippen LogP contribution in [0.15, 0.2) is 4.99 Å². The van der Waals surface area contributed by atoms with E-state index in [1.54, 1.807) is 14.2 Å². The number of rotatable bonds is 9. The number of hydrogen-bond acceptors (Lipinski definition) is 4. The lowest BCUT2D eigenvalue weighted by molar-refractivity contribution is 0.203. The Balaban J connectivity index is 0. The summed E-state index contributed by atoms with van der Waals surface area (Å²) in [6.45, 7) is 6.18. The smallest absolute Gasteiger partial charge is 0.215 e. The molecule has 0 fully saturated rings. The molecule has 122 valence electrons. The Morgan fingerprint density at radius 1 is 1.20 bits per heavy atom. The Morgan fingerprint density at radius 3 is 2.20 bits per heavy atom. The molecule has 0 aliphatic carbocycles. The van der Waals surface area contributed by atoms with Crippen LogP contribution in [0, 0.1) is 0 Å². The first kappa shape index (κ1) is 22.2. The van der Waals surface area contributed by atoms with Crippen molar-refractivity contribution in [3.63, 3.8) is 0 Å². The number of hydrogen-bond donors (Lipinski definition) is 2. The Morgan fingerprint density at radius 2 is 1.75 bits per heavy atom. The highest BCUT2D eigenvalue weighted by Gasteiger charge is 2.17. The summed E-state index contributed by atoms with van der Waals surface area (Å²) in [4.78, 5) is 4.00. The van der Waals surface area contributed by atoms with Gasteiger partial charge < -0.3 is 15.4 Å². The standard InChI is InChI=1S/C11H26N4O3S.HI/c1-5-15(6-2)19(16,17)10-8-14-11(12-3)13-7-9-18-4;/h5-10H2,1-4H3,(H2,12,13,14);1H. The lowest BCUT2D eigenvalue weighted by Gasteiger charge is -2.19. The maximum atomic E-state index is 11.9. The molecular formula is C11H27IN4O3S. The average Bonchev–Trinajstić information content (AvgIpc) is 2.38. The van der Waals surface area contributed by atoms with Gasteiger partial charge in [0.2, 0.25) is 10.0 Å².